The van der Waals surface area contributed by atoms with Gasteiger partial charge in [0.15, 0.2) is 5.78 Å². The molecule has 0 aromatic heterocycles. The van der Waals surface area contributed by atoms with Crippen LogP contribution in [0.25, 0.3) is 0 Å². The molecule has 23 heavy (non-hydrogen) atoms. The predicted molar refractivity (Wildman–Crippen MR) is 80.3 cm³/mol. The molecule has 3 heterocycles. The number of rotatable bonds is 3. The van der Waals surface area contributed by atoms with E-state index in [2.05, 4.69) is 0 Å². The number of amides is 2. The molecule has 0 aliphatic carbocycles. The van der Waals surface area contributed by atoms with Crippen LogP contribution < -0.4 is 9.64 Å². The second-order valence-corrected chi connectivity index (χ2v) is 5.96. The minimum Gasteiger partial charge on any atom is -0.495 e. The molecule has 118 valence electrons. The number of anilines is 1. The summed E-state index contributed by atoms with van der Waals surface area (Å²) in [6.45, 7) is 1.44. The third-order valence-electron chi connectivity index (χ3n) is 4.74. The average molecular weight is 313 g/mol. The molecular formula is C17H15NO5. The van der Waals surface area contributed by atoms with Crippen LogP contribution in [-0.4, -0.2) is 36.9 Å². The van der Waals surface area contributed by atoms with Crippen molar-refractivity contribution >= 4 is 23.3 Å². The van der Waals surface area contributed by atoms with Gasteiger partial charge in [0.2, 0.25) is 11.8 Å². The van der Waals surface area contributed by atoms with Crippen LogP contribution in [-0.2, 0) is 14.3 Å². The molecule has 4 rings (SSSR count). The molecule has 2 fully saturated rings. The maximum Gasteiger partial charge on any atom is 0.240 e. The lowest BCUT2D eigenvalue weighted by Crippen LogP contribution is -2.34. The van der Waals surface area contributed by atoms with Crippen LogP contribution in [0.1, 0.15) is 17.3 Å². The SMILES string of the molecule is COc1ccc(C(C)=O)cc1N1C(=O)[C@@H]2[C@H](C1=O)[C@@H]1C=C[C@@H]2O1. The van der Waals surface area contributed by atoms with Crippen LogP contribution in [0.4, 0.5) is 5.69 Å². The van der Waals surface area contributed by atoms with Crippen LogP contribution in [0.5, 0.6) is 5.75 Å². The Bertz CT molecular complexity index is 738. The number of carbonyl (C=O) groups is 3. The van der Waals surface area contributed by atoms with E-state index in [0.717, 1.165) is 4.90 Å². The molecule has 1 aromatic rings. The van der Waals surface area contributed by atoms with Gasteiger partial charge in [0.25, 0.3) is 0 Å². The zero-order valence-electron chi connectivity index (χ0n) is 12.7. The van der Waals surface area contributed by atoms with Crippen LogP contribution in [0.3, 0.4) is 0 Å². The van der Waals surface area contributed by atoms with Crippen molar-refractivity contribution < 1.29 is 23.9 Å². The van der Waals surface area contributed by atoms with E-state index in [-0.39, 0.29) is 29.8 Å². The lowest BCUT2D eigenvalue weighted by atomic mass is 9.85. The second-order valence-electron chi connectivity index (χ2n) is 5.96. The summed E-state index contributed by atoms with van der Waals surface area (Å²) in [6, 6.07) is 4.75. The Morgan fingerprint density at radius 2 is 1.74 bits per heavy atom. The first kappa shape index (κ1) is 14.1. The van der Waals surface area contributed by atoms with Gasteiger partial charge < -0.3 is 9.47 Å². The van der Waals surface area contributed by atoms with Crippen molar-refractivity contribution in [1.29, 1.82) is 0 Å². The fraction of sp³-hybridized carbons (Fsp3) is 0.353. The van der Waals surface area contributed by atoms with Crippen molar-refractivity contribution in [3.8, 4) is 5.75 Å². The van der Waals surface area contributed by atoms with Crippen molar-refractivity contribution in [2.45, 2.75) is 19.1 Å². The monoisotopic (exact) mass is 313 g/mol. The van der Waals surface area contributed by atoms with E-state index in [1.54, 1.807) is 12.1 Å². The number of nitrogens with zero attached hydrogens (tertiary/aromatic N) is 1. The summed E-state index contributed by atoms with van der Waals surface area (Å²) in [7, 11) is 1.46. The van der Waals surface area contributed by atoms with Gasteiger partial charge in [-0.3, -0.25) is 14.4 Å². The maximum absolute atomic E-state index is 12.8. The fourth-order valence-electron chi connectivity index (χ4n) is 3.62. The highest BCUT2D eigenvalue weighted by Gasteiger charge is 2.61. The van der Waals surface area contributed by atoms with Gasteiger partial charge in [0.1, 0.15) is 5.75 Å². The van der Waals surface area contributed by atoms with Crippen LogP contribution >= 0.6 is 0 Å². The molecule has 3 aliphatic rings. The molecular weight excluding hydrogens is 298 g/mol. The van der Waals surface area contributed by atoms with Gasteiger partial charge in [-0.05, 0) is 25.1 Å². The Morgan fingerprint density at radius 1 is 1.13 bits per heavy atom. The Kier molecular flexibility index (Phi) is 2.93. The largest absolute Gasteiger partial charge is 0.495 e. The van der Waals surface area contributed by atoms with Crippen LogP contribution in [0.2, 0.25) is 0 Å². The molecule has 1 aromatic carbocycles. The lowest BCUT2D eigenvalue weighted by Gasteiger charge is -2.20. The van der Waals surface area contributed by atoms with E-state index >= 15 is 0 Å². The summed E-state index contributed by atoms with van der Waals surface area (Å²) in [6.07, 6.45) is 3.00. The van der Waals surface area contributed by atoms with Crippen molar-refractivity contribution in [2.75, 3.05) is 12.0 Å². The number of Topliss-reactive ketones (excluding diaryl/α,β-unsaturated/α-hetero) is 1. The minimum atomic E-state index is -0.483. The predicted octanol–water partition coefficient (Wildman–Crippen LogP) is 1.34. The van der Waals surface area contributed by atoms with Gasteiger partial charge >= 0.3 is 0 Å². The van der Waals surface area contributed by atoms with E-state index in [9.17, 15) is 14.4 Å². The Morgan fingerprint density at radius 3 is 2.26 bits per heavy atom. The number of ketones is 1. The molecule has 0 saturated carbocycles. The summed E-state index contributed by atoms with van der Waals surface area (Å²) in [5.74, 6) is -1.31. The summed E-state index contributed by atoms with van der Waals surface area (Å²) in [5, 5.41) is 0. The Balaban J connectivity index is 1.80. The van der Waals surface area contributed by atoms with E-state index in [1.807, 2.05) is 12.2 Å². The first-order chi connectivity index (χ1) is 11.0. The van der Waals surface area contributed by atoms with Gasteiger partial charge in [-0.15, -0.1) is 0 Å². The highest BCUT2D eigenvalue weighted by molar-refractivity contribution is 6.24. The van der Waals surface area contributed by atoms with E-state index < -0.39 is 11.8 Å². The number of carbonyl (C=O) groups excluding carboxylic acids is 3. The smallest absolute Gasteiger partial charge is 0.240 e. The number of imide groups is 1. The van der Waals surface area contributed by atoms with Gasteiger partial charge in [0.05, 0.1) is 36.8 Å². The number of methoxy groups -OCH3 is 1. The van der Waals surface area contributed by atoms with E-state index in [4.69, 9.17) is 9.47 Å². The quantitative estimate of drug-likeness (QED) is 0.478. The first-order valence-electron chi connectivity index (χ1n) is 7.43. The molecule has 0 N–H and O–H groups in total. The summed E-state index contributed by atoms with van der Waals surface area (Å²) in [5.41, 5.74) is 0.750. The number of benzene rings is 1. The summed E-state index contributed by atoms with van der Waals surface area (Å²) in [4.78, 5) is 38.4. The van der Waals surface area contributed by atoms with Crippen molar-refractivity contribution in [2.24, 2.45) is 11.8 Å². The highest BCUT2D eigenvalue weighted by atomic mass is 16.5. The topological polar surface area (TPSA) is 72.9 Å². The van der Waals surface area contributed by atoms with Crippen molar-refractivity contribution in [3.63, 3.8) is 0 Å². The third kappa shape index (κ3) is 1.81. The number of hydrogen-bond acceptors (Lipinski definition) is 5. The van der Waals surface area contributed by atoms with Crippen LogP contribution in [0, 0.1) is 11.8 Å². The molecule has 2 saturated heterocycles. The molecule has 6 nitrogen and oxygen atoms in total. The number of ether oxygens (including phenoxy) is 2. The van der Waals surface area contributed by atoms with Crippen molar-refractivity contribution in [3.05, 3.63) is 35.9 Å². The highest BCUT2D eigenvalue weighted by Crippen LogP contribution is 2.47. The fourth-order valence-corrected chi connectivity index (χ4v) is 3.62. The average Bonchev–Trinajstić information content (AvgIpc) is 3.21. The first-order valence-corrected chi connectivity index (χ1v) is 7.43. The minimum absolute atomic E-state index is 0.140. The molecule has 6 heteroatoms. The molecule has 3 aliphatic heterocycles. The Hall–Kier alpha value is -2.47. The second kappa shape index (κ2) is 4.76. The summed E-state index contributed by atoms with van der Waals surface area (Å²) < 4.78 is 10.9. The Labute approximate surface area is 132 Å². The zero-order chi connectivity index (χ0) is 16.3. The molecule has 0 radical (unpaired) electrons. The normalized spacial score (nSPS) is 31.0. The third-order valence-corrected chi connectivity index (χ3v) is 4.74. The van der Waals surface area contributed by atoms with Gasteiger partial charge in [-0.2, -0.15) is 0 Å². The molecule has 2 bridgehead atoms. The van der Waals surface area contributed by atoms with Gasteiger partial charge in [-0.1, -0.05) is 12.2 Å². The molecule has 0 spiro atoms. The lowest BCUT2D eigenvalue weighted by molar-refractivity contribution is -0.124. The molecule has 0 unspecified atom stereocenters. The van der Waals surface area contributed by atoms with E-state index in [1.165, 1.54) is 20.1 Å². The molecule has 4 atom stereocenters. The number of hydrogen-bond donors (Lipinski definition) is 0. The maximum atomic E-state index is 12.8. The zero-order valence-corrected chi connectivity index (χ0v) is 12.7. The molecule has 2 amide bonds. The van der Waals surface area contributed by atoms with Crippen LogP contribution in [0.15, 0.2) is 30.4 Å². The van der Waals surface area contributed by atoms with E-state index in [0.29, 0.717) is 17.0 Å². The van der Waals surface area contributed by atoms with Crippen molar-refractivity contribution in [1.82, 2.24) is 0 Å². The number of fused-ring (bicyclic) bond motifs is 5. The van der Waals surface area contributed by atoms with Gasteiger partial charge in [-0.25, -0.2) is 4.90 Å². The van der Waals surface area contributed by atoms with Gasteiger partial charge in [0, 0.05) is 5.56 Å². The standard InChI is InChI=1S/C17H15NO5/c1-8(19)9-3-4-11(22-2)10(7-9)18-16(20)14-12-5-6-13(23-12)15(14)17(18)21/h3-7,12-15H,1-2H3/t12-,13-,14-,15+/m0/s1. The summed E-state index contributed by atoms with van der Waals surface area (Å²) >= 11 is 0.